The highest BCUT2D eigenvalue weighted by atomic mass is 16.3. The smallest absolute Gasteiger partial charge is 0.0992 e. The van der Waals surface area contributed by atoms with E-state index in [-0.39, 0.29) is 6.10 Å². The highest BCUT2D eigenvalue weighted by Crippen LogP contribution is 2.25. The van der Waals surface area contributed by atoms with Crippen LogP contribution in [0.15, 0.2) is 4.99 Å². The molecule has 2 aliphatic rings. The Morgan fingerprint density at radius 3 is 3.07 bits per heavy atom. The maximum Gasteiger partial charge on any atom is 0.0992 e. The van der Waals surface area contributed by atoms with Gasteiger partial charge in [-0.2, -0.15) is 0 Å². The third kappa shape index (κ3) is 2.51. The van der Waals surface area contributed by atoms with E-state index in [4.69, 9.17) is 0 Å². The van der Waals surface area contributed by atoms with E-state index in [0.717, 1.165) is 32.4 Å². The molecule has 0 bridgehead atoms. The Hall–Kier alpha value is -0.570. The monoisotopic (exact) mass is 210 g/mol. The third-order valence-electron chi connectivity index (χ3n) is 3.66. The number of rotatable bonds is 2. The number of hydrogen-bond acceptors (Lipinski definition) is 3. The quantitative estimate of drug-likeness (QED) is 0.752. The topological polar surface area (TPSA) is 35.8 Å². The lowest BCUT2D eigenvalue weighted by Crippen LogP contribution is -2.36. The van der Waals surface area contributed by atoms with Crippen LogP contribution in [-0.4, -0.2) is 41.6 Å². The van der Waals surface area contributed by atoms with Crippen molar-refractivity contribution >= 4 is 5.84 Å². The number of hydrogen-bond donors (Lipinski definition) is 1. The van der Waals surface area contributed by atoms with Gasteiger partial charge in [0.25, 0.3) is 0 Å². The lowest BCUT2D eigenvalue weighted by molar-refractivity contribution is 0.102. The maximum atomic E-state index is 9.92. The first-order valence-corrected chi connectivity index (χ1v) is 6.27. The number of aliphatic hydroxyl groups is 1. The van der Waals surface area contributed by atoms with Crippen LogP contribution in [-0.2, 0) is 0 Å². The zero-order chi connectivity index (χ0) is 10.7. The number of aliphatic hydroxyl groups excluding tert-OH is 1. The summed E-state index contributed by atoms with van der Waals surface area (Å²) in [5.41, 5.74) is 0. The van der Waals surface area contributed by atoms with Gasteiger partial charge in [-0.1, -0.05) is 6.92 Å². The first-order valence-electron chi connectivity index (χ1n) is 6.27. The van der Waals surface area contributed by atoms with Crippen molar-refractivity contribution < 1.29 is 5.11 Å². The van der Waals surface area contributed by atoms with Crippen molar-refractivity contribution in [3.05, 3.63) is 0 Å². The van der Waals surface area contributed by atoms with Gasteiger partial charge in [0.2, 0.25) is 0 Å². The predicted octanol–water partition coefficient (Wildman–Crippen LogP) is 1.66. The van der Waals surface area contributed by atoms with Gasteiger partial charge in [0.15, 0.2) is 0 Å². The number of aliphatic imine (C=N–C) groups is 1. The number of amidine groups is 1. The van der Waals surface area contributed by atoms with Gasteiger partial charge in [-0.25, -0.2) is 0 Å². The molecule has 2 heterocycles. The van der Waals surface area contributed by atoms with Crippen LogP contribution in [0.4, 0.5) is 0 Å². The van der Waals surface area contributed by atoms with Gasteiger partial charge in [-0.15, -0.1) is 0 Å². The Balaban J connectivity index is 2.03. The van der Waals surface area contributed by atoms with Crippen LogP contribution in [0.2, 0.25) is 0 Å². The van der Waals surface area contributed by atoms with Crippen LogP contribution in [0, 0.1) is 5.92 Å². The fraction of sp³-hybridized carbons (Fsp3) is 0.917. The molecular weight excluding hydrogens is 188 g/mol. The highest BCUT2D eigenvalue weighted by Gasteiger charge is 2.26. The summed E-state index contributed by atoms with van der Waals surface area (Å²) in [6, 6.07) is 0. The molecule has 1 fully saturated rings. The number of nitrogens with zero attached hydrogens (tertiary/aromatic N) is 2. The molecule has 2 rings (SSSR count). The SMILES string of the molecule is CCC(O)C1CCCN2CCCN=C2C1. The molecule has 15 heavy (non-hydrogen) atoms. The van der Waals surface area contributed by atoms with Crippen LogP contribution in [0.25, 0.3) is 0 Å². The molecule has 0 aliphatic carbocycles. The molecule has 0 spiro atoms. The Bertz CT molecular complexity index is 240. The largest absolute Gasteiger partial charge is 0.393 e. The van der Waals surface area contributed by atoms with Crippen molar-refractivity contribution in [2.45, 2.75) is 45.1 Å². The van der Waals surface area contributed by atoms with Crippen molar-refractivity contribution in [3.8, 4) is 0 Å². The van der Waals surface area contributed by atoms with E-state index in [1.165, 1.54) is 25.2 Å². The lowest BCUT2D eigenvalue weighted by Gasteiger charge is -2.28. The van der Waals surface area contributed by atoms with Crippen molar-refractivity contribution in [1.82, 2.24) is 4.90 Å². The van der Waals surface area contributed by atoms with Crippen LogP contribution in [0.1, 0.15) is 39.0 Å². The van der Waals surface area contributed by atoms with Crippen molar-refractivity contribution in [3.63, 3.8) is 0 Å². The molecule has 3 nitrogen and oxygen atoms in total. The summed E-state index contributed by atoms with van der Waals surface area (Å²) in [5, 5.41) is 9.92. The minimum atomic E-state index is -0.130. The zero-order valence-electron chi connectivity index (χ0n) is 9.65. The second kappa shape index (κ2) is 4.97. The molecule has 2 atom stereocenters. The molecule has 1 saturated heterocycles. The van der Waals surface area contributed by atoms with Gasteiger partial charge in [0.1, 0.15) is 0 Å². The predicted molar refractivity (Wildman–Crippen MR) is 62.1 cm³/mol. The summed E-state index contributed by atoms with van der Waals surface area (Å²) in [5.74, 6) is 1.70. The fourth-order valence-corrected chi connectivity index (χ4v) is 2.68. The van der Waals surface area contributed by atoms with Crippen LogP contribution < -0.4 is 0 Å². The normalized spacial score (nSPS) is 29.1. The van der Waals surface area contributed by atoms with E-state index in [1.807, 2.05) is 0 Å². The van der Waals surface area contributed by atoms with Crippen molar-refractivity contribution in [1.29, 1.82) is 0 Å². The lowest BCUT2D eigenvalue weighted by atomic mass is 9.92. The second-order valence-corrected chi connectivity index (χ2v) is 4.72. The molecule has 2 unspecified atom stereocenters. The van der Waals surface area contributed by atoms with Crippen LogP contribution in [0.5, 0.6) is 0 Å². The van der Waals surface area contributed by atoms with Crippen LogP contribution in [0.3, 0.4) is 0 Å². The third-order valence-corrected chi connectivity index (χ3v) is 3.66. The van der Waals surface area contributed by atoms with Gasteiger partial charge in [-0.3, -0.25) is 4.99 Å². The highest BCUT2D eigenvalue weighted by molar-refractivity contribution is 5.83. The molecule has 0 amide bonds. The summed E-state index contributed by atoms with van der Waals surface area (Å²) < 4.78 is 0. The van der Waals surface area contributed by atoms with Gasteiger partial charge >= 0.3 is 0 Å². The van der Waals surface area contributed by atoms with E-state index in [2.05, 4.69) is 16.8 Å². The average Bonchev–Trinajstić information content (AvgIpc) is 2.49. The Labute approximate surface area is 92.2 Å². The Morgan fingerprint density at radius 2 is 2.27 bits per heavy atom. The summed E-state index contributed by atoms with van der Waals surface area (Å²) in [7, 11) is 0. The van der Waals surface area contributed by atoms with Crippen molar-refractivity contribution in [2.75, 3.05) is 19.6 Å². The van der Waals surface area contributed by atoms with E-state index in [9.17, 15) is 5.11 Å². The molecule has 1 N–H and O–H groups in total. The molecular formula is C12H22N2O. The van der Waals surface area contributed by atoms with Gasteiger partial charge in [-0.05, 0) is 31.6 Å². The van der Waals surface area contributed by atoms with Gasteiger partial charge in [0, 0.05) is 26.1 Å². The molecule has 0 aromatic rings. The Morgan fingerprint density at radius 1 is 1.47 bits per heavy atom. The maximum absolute atomic E-state index is 9.92. The molecule has 0 aromatic carbocycles. The summed E-state index contributed by atoms with van der Waals surface area (Å²) in [6.07, 6.45) is 5.30. The molecule has 0 radical (unpaired) electrons. The van der Waals surface area contributed by atoms with E-state index in [0.29, 0.717) is 5.92 Å². The molecule has 0 aromatic heterocycles. The van der Waals surface area contributed by atoms with E-state index in [1.54, 1.807) is 0 Å². The van der Waals surface area contributed by atoms with Crippen molar-refractivity contribution in [2.24, 2.45) is 10.9 Å². The molecule has 3 heteroatoms. The van der Waals surface area contributed by atoms with Crippen LogP contribution >= 0.6 is 0 Å². The molecule has 2 aliphatic heterocycles. The first kappa shape index (κ1) is 10.9. The second-order valence-electron chi connectivity index (χ2n) is 4.72. The standard InChI is InChI=1S/C12H22N2O/c1-2-11(15)10-5-3-7-14-8-4-6-13-12(14)9-10/h10-11,15H,2-9H2,1H3. The Kier molecular flexibility index (Phi) is 3.62. The summed E-state index contributed by atoms with van der Waals surface area (Å²) >= 11 is 0. The molecule has 86 valence electrons. The summed E-state index contributed by atoms with van der Waals surface area (Å²) in [4.78, 5) is 7.03. The zero-order valence-corrected chi connectivity index (χ0v) is 9.65. The summed E-state index contributed by atoms with van der Waals surface area (Å²) in [6.45, 7) is 5.37. The van der Waals surface area contributed by atoms with Gasteiger partial charge < -0.3 is 10.0 Å². The average molecular weight is 210 g/mol. The minimum absolute atomic E-state index is 0.130. The van der Waals surface area contributed by atoms with E-state index >= 15 is 0 Å². The van der Waals surface area contributed by atoms with Gasteiger partial charge in [0.05, 0.1) is 11.9 Å². The first-order chi connectivity index (χ1) is 7.31. The van der Waals surface area contributed by atoms with E-state index < -0.39 is 0 Å². The number of fused-ring (bicyclic) bond motifs is 1. The molecule has 0 saturated carbocycles. The fourth-order valence-electron chi connectivity index (χ4n) is 2.68. The minimum Gasteiger partial charge on any atom is -0.393 e.